The van der Waals surface area contributed by atoms with E-state index in [1.54, 1.807) is 12.3 Å². The maximum Gasteiger partial charge on any atom is 0.246 e. The van der Waals surface area contributed by atoms with E-state index in [1.165, 1.54) is 7.11 Å². The number of aryl methyl sites for hydroxylation is 3. The van der Waals surface area contributed by atoms with Crippen molar-refractivity contribution in [2.75, 3.05) is 13.7 Å². The third kappa shape index (κ3) is 5.28. The number of nitrogens with one attached hydrogen (secondary N) is 2. The Bertz CT molecular complexity index is 1390. The number of fused-ring (bicyclic) bond motifs is 1. The highest BCUT2D eigenvalue weighted by Gasteiger charge is 2.20. The van der Waals surface area contributed by atoms with Crippen molar-refractivity contribution in [3.63, 3.8) is 0 Å². The van der Waals surface area contributed by atoms with Gasteiger partial charge in [0.2, 0.25) is 5.91 Å². The van der Waals surface area contributed by atoms with Gasteiger partial charge < -0.3 is 14.8 Å². The molecule has 3 aromatic heterocycles. The molecule has 0 aliphatic heterocycles. The van der Waals surface area contributed by atoms with Crippen molar-refractivity contribution < 1.29 is 14.3 Å². The highest BCUT2D eigenvalue weighted by atomic mass is 35.5. The average Bonchev–Trinajstić information content (AvgIpc) is 3.23. The standard InChI is InChI=1S/C26H28ClN5O3/c1-14-11-28-32-24(14)19-9-15(2)30-26-18(19)7-6-8-22(26)35-12-20-21(27)10-16(3)29-25(20)17(4)31-23(33)13-34-5/h6-11,17H,12-13H2,1-5H3,(H,28,32)(H,31,33). The first-order valence-electron chi connectivity index (χ1n) is 11.3. The number of ether oxygens (including phenoxy) is 2. The molecule has 0 spiro atoms. The van der Waals surface area contributed by atoms with Gasteiger partial charge in [-0.1, -0.05) is 23.7 Å². The fourth-order valence-corrected chi connectivity index (χ4v) is 4.42. The van der Waals surface area contributed by atoms with Crippen LogP contribution in [0.1, 0.15) is 41.2 Å². The van der Waals surface area contributed by atoms with Crippen molar-refractivity contribution in [3.05, 3.63) is 69.8 Å². The van der Waals surface area contributed by atoms with Crippen LogP contribution in [0, 0.1) is 20.8 Å². The summed E-state index contributed by atoms with van der Waals surface area (Å²) in [7, 11) is 1.48. The number of aromatic nitrogens is 4. The van der Waals surface area contributed by atoms with Gasteiger partial charge in [0.15, 0.2) is 0 Å². The van der Waals surface area contributed by atoms with E-state index in [0.29, 0.717) is 22.0 Å². The van der Waals surface area contributed by atoms with Gasteiger partial charge in [0.25, 0.3) is 0 Å². The lowest BCUT2D eigenvalue weighted by molar-refractivity contribution is -0.125. The van der Waals surface area contributed by atoms with Gasteiger partial charge in [-0.15, -0.1) is 0 Å². The summed E-state index contributed by atoms with van der Waals surface area (Å²) in [6.45, 7) is 7.82. The van der Waals surface area contributed by atoms with E-state index in [4.69, 9.17) is 26.1 Å². The number of nitrogens with zero attached hydrogens (tertiary/aromatic N) is 3. The molecule has 1 atom stereocenters. The summed E-state index contributed by atoms with van der Waals surface area (Å²) in [6.07, 6.45) is 1.80. The minimum Gasteiger partial charge on any atom is -0.486 e. The average molecular weight is 494 g/mol. The molecule has 0 radical (unpaired) electrons. The maximum atomic E-state index is 12.1. The number of hydrogen-bond acceptors (Lipinski definition) is 6. The van der Waals surface area contributed by atoms with Crippen LogP contribution in [-0.4, -0.2) is 39.8 Å². The van der Waals surface area contributed by atoms with E-state index >= 15 is 0 Å². The number of carbonyl (C=O) groups is 1. The molecule has 0 aliphatic carbocycles. The second-order valence-corrected chi connectivity index (χ2v) is 8.92. The van der Waals surface area contributed by atoms with Crippen molar-refractivity contribution in [2.24, 2.45) is 0 Å². The highest BCUT2D eigenvalue weighted by Crippen LogP contribution is 2.34. The number of H-pyrrole nitrogens is 1. The fourth-order valence-electron chi connectivity index (χ4n) is 4.11. The Balaban J connectivity index is 1.69. The number of benzene rings is 1. The minimum atomic E-state index is -0.378. The molecule has 4 aromatic rings. The summed E-state index contributed by atoms with van der Waals surface area (Å²) in [5.41, 5.74) is 6.73. The van der Waals surface area contributed by atoms with Gasteiger partial charge in [0, 0.05) is 35.0 Å². The minimum absolute atomic E-state index is 0.0329. The van der Waals surface area contributed by atoms with Crippen LogP contribution in [0.25, 0.3) is 22.2 Å². The Morgan fingerprint density at radius 2 is 1.94 bits per heavy atom. The quantitative estimate of drug-likeness (QED) is 0.358. The number of rotatable bonds is 8. The lowest BCUT2D eigenvalue weighted by Crippen LogP contribution is -2.31. The normalized spacial score (nSPS) is 12.1. The highest BCUT2D eigenvalue weighted by molar-refractivity contribution is 6.31. The summed E-state index contributed by atoms with van der Waals surface area (Å²) in [5.74, 6) is 0.393. The Labute approximate surface area is 209 Å². The van der Waals surface area contributed by atoms with Crippen LogP contribution < -0.4 is 10.1 Å². The molecule has 8 nitrogen and oxygen atoms in total. The first-order chi connectivity index (χ1) is 16.8. The number of amides is 1. The van der Waals surface area contributed by atoms with E-state index in [9.17, 15) is 4.79 Å². The number of carbonyl (C=O) groups excluding carboxylic acids is 1. The third-order valence-corrected chi connectivity index (χ3v) is 6.03. The van der Waals surface area contributed by atoms with Crippen LogP contribution in [0.2, 0.25) is 5.02 Å². The van der Waals surface area contributed by atoms with E-state index in [2.05, 4.69) is 20.5 Å². The lowest BCUT2D eigenvalue weighted by atomic mass is 10.0. The number of hydrogen-bond donors (Lipinski definition) is 2. The molecule has 0 bridgehead atoms. The summed E-state index contributed by atoms with van der Waals surface area (Å²) < 4.78 is 11.2. The van der Waals surface area contributed by atoms with Crippen LogP contribution >= 0.6 is 11.6 Å². The zero-order chi connectivity index (χ0) is 25.1. The summed E-state index contributed by atoms with van der Waals surface area (Å²) in [4.78, 5) is 21.5. The number of para-hydroxylation sites is 1. The van der Waals surface area contributed by atoms with E-state index in [0.717, 1.165) is 39.1 Å². The lowest BCUT2D eigenvalue weighted by Gasteiger charge is -2.19. The fraction of sp³-hybridized carbons (Fsp3) is 0.308. The second-order valence-electron chi connectivity index (χ2n) is 8.51. The number of pyridine rings is 2. The predicted octanol–water partition coefficient (Wildman–Crippen LogP) is 5.00. The van der Waals surface area contributed by atoms with Crippen LogP contribution in [-0.2, 0) is 16.1 Å². The van der Waals surface area contributed by atoms with Crippen LogP contribution in [0.3, 0.4) is 0 Å². The summed E-state index contributed by atoms with van der Waals surface area (Å²) in [5, 5.41) is 11.6. The van der Waals surface area contributed by atoms with Crippen molar-refractivity contribution in [2.45, 2.75) is 40.3 Å². The van der Waals surface area contributed by atoms with Gasteiger partial charge in [-0.25, -0.2) is 4.98 Å². The SMILES string of the molecule is COCC(=O)NC(C)c1nc(C)cc(Cl)c1COc1cccc2c(-c3[nH]ncc3C)cc(C)nc12. The molecule has 1 amide bonds. The van der Waals surface area contributed by atoms with Gasteiger partial charge in [0.05, 0.1) is 28.6 Å². The zero-order valence-electron chi connectivity index (χ0n) is 20.4. The Morgan fingerprint density at radius 3 is 2.66 bits per heavy atom. The second kappa shape index (κ2) is 10.4. The molecule has 0 fully saturated rings. The molecule has 0 saturated carbocycles. The third-order valence-electron chi connectivity index (χ3n) is 5.69. The number of halogens is 1. The molecule has 1 unspecified atom stereocenters. The van der Waals surface area contributed by atoms with Crippen LogP contribution in [0.15, 0.2) is 36.5 Å². The van der Waals surface area contributed by atoms with Gasteiger partial charge in [-0.3, -0.25) is 14.9 Å². The zero-order valence-corrected chi connectivity index (χ0v) is 21.2. The van der Waals surface area contributed by atoms with Gasteiger partial charge in [-0.05, 0) is 51.5 Å². The first kappa shape index (κ1) is 24.6. The number of methoxy groups -OCH3 is 1. The van der Waals surface area contributed by atoms with E-state index in [1.807, 2.05) is 52.0 Å². The molecule has 4 rings (SSSR count). The molecule has 0 aliphatic rings. The molecule has 2 N–H and O–H groups in total. The van der Waals surface area contributed by atoms with Gasteiger partial charge in [0.1, 0.15) is 24.5 Å². The van der Waals surface area contributed by atoms with Gasteiger partial charge in [-0.2, -0.15) is 5.10 Å². The van der Waals surface area contributed by atoms with Crippen molar-refractivity contribution in [1.29, 1.82) is 0 Å². The molecular weight excluding hydrogens is 466 g/mol. The molecule has 3 heterocycles. The molecular formula is C26H28ClN5O3. The van der Waals surface area contributed by atoms with Crippen LogP contribution in [0.5, 0.6) is 5.75 Å². The Morgan fingerprint density at radius 1 is 1.17 bits per heavy atom. The van der Waals surface area contributed by atoms with Crippen molar-refractivity contribution in [3.8, 4) is 17.0 Å². The molecule has 9 heteroatoms. The maximum absolute atomic E-state index is 12.1. The van der Waals surface area contributed by atoms with E-state index < -0.39 is 0 Å². The summed E-state index contributed by atoms with van der Waals surface area (Å²) in [6, 6.07) is 9.29. The molecule has 1 aromatic carbocycles. The summed E-state index contributed by atoms with van der Waals surface area (Å²) >= 11 is 6.61. The monoisotopic (exact) mass is 493 g/mol. The van der Waals surface area contributed by atoms with Gasteiger partial charge >= 0.3 is 0 Å². The van der Waals surface area contributed by atoms with Crippen molar-refractivity contribution in [1.82, 2.24) is 25.5 Å². The predicted molar refractivity (Wildman–Crippen MR) is 136 cm³/mol. The Hall–Kier alpha value is -3.49. The molecule has 182 valence electrons. The Kier molecular flexibility index (Phi) is 7.33. The topological polar surface area (TPSA) is 102 Å². The smallest absolute Gasteiger partial charge is 0.246 e. The van der Waals surface area contributed by atoms with Crippen molar-refractivity contribution >= 4 is 28.4 Å². The molecule has 0 saturated heterocycles. The largest absolute Gasteiger partial charge is 0.486 e. The number of aromatic amines is 1. The molecule has 35 heavy (non-hydrogen) atoms. The van der Waals surface area contributed by atoms with Crippen LogP contribution in [0.4, 0.5) is 0 Å². The first-order valence-corrected chi connectivity index (χ1v) is 11.6. The van der Waals surface area contributed by atoms with E-state index in [-0.39, 0.29) is 25.2 Å².